The van der Waals surface area contributed by atoms with Crippen molar-refractivity contribution in [2.24, 2.45) is 5.73 Å². The van der Waals surface area contributed by atoms with Gasteiger partial charge in [-0.2, -0.15) is 5.26 Å². The Kier molecular flexibility index (Phi) is 2.04. The second-order valence-electron chi connectivity index (χ2n) is 2.08. The SMILES string of the molecule is N#C[C@@H](N)c1cccnc1N. The van der Waals surface area contributed by atoms with E-state index in [0.29, 0.717) is 11.4 Å². The molecular weight excluding hydrogens is 140 g/mol. The van der Waals surface area contributed by atoms with Gasteiger partial charge < -0.3 is 11.5 Å². The molecule has 1 atom stereocenters. The van der Waals surface area contributed by atoms with Crippen LogP contribution in [0.4, 0.5) is 5.82 Å². The molecular formula is C7H8N4. The summed E-state index contributed by atoms with van der Waals surface area (Å²) in [6, 6.07) is 4.59. The Hall–Kier alpha value is -1.60. The van der Waals surface area contributed by atoms with E-state index in [1.807, 2.05) is 6.07 Å². The Morgan fingerprint density at radius 2 is 2.36 bits per heavy atom. The van der Waals surface area contributed by atoms with E-state index in [9.17, 15) is 0 Å². The van der Waals surface area contributed by atoms with Gasteiger partial charge in [0.15, 0.2) is 0 Å². The Morgan fingerprint density at radius 3 is 2.91 bits per heavy atom. The van der Waals surface area contributed by atoms with Gasteiger partial charge >= 0.3 is 0 Å². The number of nitrogens with zero attached hydrogens (tertiary/aromatic N) is 2. The molecule has 56 valence electrons. The maximum Gasteiger partial charge on any atom is 0.129 e. The monoisotopic (exact) mass is 148 g/mol. The molecule has 0 aromatic carbocycles. The number of anilines is 1. The van der Waals surface area contributed by atoms with Gasteiger partial charge in [0.2, 0.25) is 0 Å². The molecule has 0 amide bonds. The molecule has 4 heteroatoms. The molecule has 11 heavy (non-hydrogen) atoms. The summed E-state index contributed by atoms with van der Waals surface area (Å²) < 4.78 is 0. The summed E-state index contributed by atoms with van der Waals surface area (Å²) in [5.41, 5.74) is 11.4. The number of nitrogens with two attached hydrogens (primary N) is 2. The van der Waals surface area contributed by atoms with Crippen molar-refractivity contribution in [3.05, 3.63) is 23.9 Å². The first-order valence-electron chi connectivity index (χ1n) is 3.11. The fourth-order valence-electron chi connectivity index (χ4n) is 0.762. The van der Waals surface area contributed by atoms with Gasteiger partial charge in [0.05, 0.1) is 6.07 Å². The molecule has 0 unspecified atom stereocenters. The van der Waals surface area contributed by atoms with Crippen molar-refractivity contribution in [3.8, 4) is 6.07 Å². The van der Waals surface area contributed by atoms with E-state index >= 15 is 0 Å². The van der Waals surface area contributed by atoms with Crippen molar-refractivity contribution >= 4 is 5.82 Å². The maximum absolute atomic E-state index is 8.45. The Balaban J connectivity index is 3.05. The van der Waals surface area contributed by atoms with Crippen LogP contribution in [0.25, 0.3) is 0 Å². The van der Waals surface area contributed by atoms with Crippen molar-refractivity contribution in [1.29, 1.82) is 5.26 Å². The fraction of sp³-hybridized carbons (Fsp3) is 0.143. The smallest absolute Gasteiger partial charge is 0.129 e. The van der Waals surface area contributed by atoms with Gasteiger partial charge in [-0.25, -0.2) is 4.98 Å². The average Bonchev–Trinajstić information content (AvgIpc) is 2.04. The lowest BCUT2D eigenvalue weighted by molar-refractivity contribution is 0.920. The van der Waals surface area contributed by atoms with Crippen molar-refractivity contribution < 1.29 is 0 Å². The first-order valence-corrected chi connectivity index (χ1v) is 3.11. The summed E-state index contributed by atoms with van der Waals surface area (Å²) in [4.78, 5) is 3.79. The number of hydrogen-bond acceptors (Lipinski definition) is 4. The van der Waals surface area contributed by atoms with E-state index in [2.05, 4.69) is 4.98 Å². The predicted octanol–water partition coefficient (Wildman–Crippen LogP) is 0.187. The zero-order chi connectivity index (χ0) is 8.27. The molecule has 1 aromatic heterocycles. The fourth-order valence-corrected chi connectivity index (χ4v) is 0.762. The number of aromatic nitrogens is 1. The first kappa shape index (κ1) is 7.51. The lowest BCUT2D eigenvalue weighted by Crippen LogP contribution is -2.10. The lowest BCUT2D eigenvalue weighted by atomic mass is 10.1. The van der Waals surface area contributed by atoms with Gasteiger partial charge in [-0.05, 0) is 6.07 Å². The van der Waals surface area contributed by atoms with Gasteiger partial charge in [-0.3, -0.25) is 0 Å². The van der Waals surface area contributed by atoms with Crippen LogP contribution in [0.2, 0.25) is 0 Å². The zero-order valence-electron chi connectivity index (χ0n) is 5.86. The van der Waals surface area contributed by atoms with Crippen molar-refractivity contribution in [1.82, 2.24) is 4.98 Å². The second kappa shape index (κ2) is 2.99. The van der Waals surface area contributed by atoms with Crippen LogP contribution in [0.1, 0.15) is 11.6 Å². The third kappa shape index (κ3) is 1.45. The molecule has 0 saturated carbocycles. The van der Waals surface area contributed by atoms with E-state index in [1.165, 1.54) is 0 Å². The van der Waals surface area contributed by atoms with Crippen LogP contribution in [0.15, 0.2) is 18.3 Å². The molecule has 1 heterocycles. The minimum absolute atomic E-state index is 0.321. The quantitative estimate of drug-likeness (QED) is 0.594. The Labute approximate surface area is 64.5 Å². The van der Waals surface area contributed by atoms with E-state index in [-0.39, 0.29) is 0 Å². The van der Waals surface area contributed by atoms with Gasteiger partial charge in [0, 0.05) is 11.8 Å². The van der Waals surface area contributed by atoms with E-state index < -0.39 is 6.04 Å². The van der Waals surface area contributed by atoms with Crippen LogP contribution in [-0.2, 0) is 0 Å². The molecule has 0 saturated heterocycles. The number of hydrogen-bond donors (Lipinski definition) is 2. The van der Waals surface area contributed by atoms with Crippen LogP contribution in [0.5, 0.6) is 0 Å². The van der Waals surface area contributed by atoms with Crippen LogP contribution in [0, 0.1) is 11.3 Å². The van der Waals surface area contributed by atoms with Gasteiger partial charge in [0.1, 0.15) is 11.9 Å². The summed E-state index contributed by atoms with van der Waals surface area (Å²) in [5, 5.41) is 8.45. The molecule has 4 N–H and O–H groups in total. The van der Waals surface area contributed by atoms with Gasteiger partial charge in [0.25, 0.3) is 0 Å². The standard InChI is InChI=1S/C7H8N4/c8-4-6(9)5-2-1-3-11-7(5)10/h1-3,6H,9H2,(H2,10,11)/t6-/m1/s1. The molecule has 0 radical (unpaired) electrons. The van der Waals surface area contributed by atoms with E-state index in [0.717, 1.165) is 0 Å². The summed E-state index contributed by atoms with van der Waals surface area (Å²) in [6.45, 7) is 0. The summed E-state index contributed by atoms with van der Waals surface area (Å²) >= 11 is 0. The van der Waals surface area contributed by atoms with Crippen molar-refractivity contribution in [3.63, 3.8) is 0 Å². The predicted molar refractivity (Wildman–Crippen MR) is 41.2 cm³/mol. The molecule has 1 rings (SSSR count). The number of nitriles is 1. The average molecular weight is 148 g/mol. The highest BCUT2D eigenvalue weighted by Gasteiger charge is 2.06. The summed E-state index contributed by atoms with van der Waals surface area (Å²) in [5.74, 6) is 0.321. The van der Waals surface area contributed by atoms with E-state index in [4.69, 9.17) is 16.7 Å². The molecule has 0 aliphatic carbocycles. The number of pyridine rings is 1. The molecule has 0 fully saturated rings. The topological polar surface area (TPSA) is 88.7 Å². The molecule has 0 spiro atoms. The molecule has 0 aliphatic rings. The Bertz CT molecular complexity index is 289. The second-order valence-corrected chi connectivity index (χ2v) is 2.08. The highest BCUT2D eigenvalue weighted by molar-refractivity contribution is 5.42. The minimum Gasteiger partial charge on any atom is -0.383 e. The molecule has 0 bridgehead atoms. The molecule has 1 aromatic rings. The largest absolute Gasteiger partial charge is 0.383 e. The van der Waals surface area contributed by atoms with Gasteiger partial charge in [-0.1, -0.05) is 6.07 Å². The minimum atomic E-state index is -0.677. The number of nitrogen functional groups attached to an aromatic ring is 1. The zero-order valence-corrected chi connectivity index (χ0v) is 5.86. The van der Waals surface area contributed by atoms with Crippen LogP contribution < -0.4 is 11.5 Å². The molecule has 0 aliphatic heterocycles. The Morgan fingerprint density at radius 1 is 1.64 bits per heavy atom. The highest BCUT2D eigenvalue weighted by atomic mass is 14.8. The highest BCUT2D eigenvalue weighted by Crippen LogP contribution is 2.13. The first-order chi connectivity index (χ1) is 5.25. The summed E-state index contributed by atoms with van der Waals surface area (Å²) in [6.07, 6.45) is 1.56. The normalized spacial score (nSPS) is 12.0. The van der Waals surface area contributed by atoms with Gasteiger partial charge in [-0.15, -0.1) is 0 Å². The lowest BCUT2D eigenvalue weighted by Gasteiger charge is -2.03. The van der Waals surface area contributed by atoms with E-state index in [1.54, 1.807) is 18.3 Å². The van der Waals surface area contributed by atoms with Crippen molar-refractivity contribution in [2.45, 2.75) is 6.04 Å². The summed E-state index contributed by atoms with van der Waals surface area (Å²) in [7, 11) is 0. The van der Waals surface area contributed by atoms with Crippen LogP contribution >= 0.6 is 0 Å². The third-order valence-electron chi connectivity index (χ3n) is 1.35. The maximum atomic E-state index is 8.45. The van der Waals surface area contributed by atoms with Crippen LogP contribution in [0.3, 0.4) is 0 Å². The van der Waals surface area contributed by atoms with Crippen LogP contribution in [-0.4, -0.2) is 4.98 Å². The number of rotatable bonds is 1. The molecule has 4 nitrogen and oxygen atoms in total. The third-order valence-corrected chi connectivity index (χ3v) is 1.35. The van der Waals surface area contributed by atoms with Crippen molar-refractivity contribution in [2.75, 3.05) is 5.73 Å².